The van der Waals surface area contributed by atoms with E-state index in [-0.39, 0.29) is 16.5 Å². The summed E-state index contributed by atoms with van der Waals surface area (Å²) in [4.78, 5) is 16.3. The van der Waals surface area contributed by atoms with Crippen LogP contribution in [-0.4, -0.2) is 23.3 Å². The predicted molar refractivity (Wildman–Crippen MR) is 67.2 cm³/mol. The number of hydrogen-bond donors (Lipinski definition) is 2. The van der Waals surface area contributed by atoms with Gasteiger partial charge in [0.15, 0.2) is 0 Å². The molecule has 0 saturated heterocycles. The summed E-state index contributed by atoms with van der Waals surface area (Å²) in [5.74, 6) is 0.0447. The van der Waals surface area contributed by atoms with E-state index in [2.05, 4.69) is 14.7 Å². The smallest absolute Gasteiger partial charge is 0.273 e. The Bertz CT molecular complexity index is 709. The van der Waals surface area contributed by atoms with Gasteiger partial charge in [0.05, 0.1) is 9.82 Å². The molecule has 2 N–H and O–H groups in total. The van der Waals surface area contributed by atoms with Gasteiger partial charge in [-0.05, 0) is 13.0 Å². The number of aromatic nitrogens is 2. The van der Waals surface area contributed by atoms with Crippen LogP contribution < -0.4 is 4.72 Å². The second-order valence-electron chi connectivity index (χ2n) is 3.75. The zero-order valence-corrected chi connectivity index (χ0v) is 10.6. The van der Waals surface area contributed by atoms with Crippen molar-refractivity contribution in [2.75, 3.05) is 4.72 Å². The zero-order valence-electron chi connectivity index (χ0n) is 9.82. The number of sulfonamides is 1. The number of hydrogen-bond acceptors (Lipinski definition) is 5. The van der Waals surface area contributed by atoms with Crippen LogP contribution in [0.3, 0.4) is 0 Å². The van der Waals surface area contributed by atoms with Crippen molar-refractivity contribution in [1.82, 2.24) is 9.97 Å². The molecule has 2 rings (SSSR count). The summed E-state index contributed by atoms with van der Waals surface area (Å²) in [7, 11) is -3.90. The fraction of sp³-hybridized carbons (Fsp3) is 0.100. The molecule has 1 aromatic carbocycles. The first-order valence-corrected chi connectivity index (χ1v) is 6.66. The van der Waals surface area contributed by atoms with Gasteiger partial charge in [0.1, 0.15) is 0 Å². The first kappa shape index (κ1) is 13.0. The molecule has 1 heterocycles. The molecular weight excluding hydrogens is 272 g/mol. The van der Waals surface area contributed by atoms with Gasteiger partial charge in [0.2, 0.25) is 5.95 Å². The molecule has 0 aliphatic heterocycles. The lowest BCUT2D eigenvalue weighted by Crippen LogP contribution is -2.14. The van der Waals surface area contributed by atoms with E-state index in [0.717, 1.165) is 6.07 Å². The minimum absolute atomic E-state index is 0.0447. The summed E-state index contributed by atoms with van der Waals surface area (Å²) in [6.45, 7) is 1.54. The van der Waals surface area contributed by atoms with Crippen LogP contribution in [0.15, 0.2) is 35.5 Å². The lowest BCUT2D eigenvalue weighted by atomic mass is 10.2. The third-order valence-electron chi connectivity index (χ3n) is 2.42. The summed E-state index contributed by atoms with van der Waals surface area (Å²) < 4.78 is 26.2. The number of benzene rings is 1. The van der Waals surface area contributed by atoms with Crippen molar-refractivity contribution in [3.8, 4) is 0 Å². The van der Waals surface area contributed by atoms with Gasteiger partial charge in [-0.3, -0.25) is 10.1 Å². The minimum atomic E-state index is -3.90. The number of nitrogens with one attached hydrogen (secondary N) is 2. The first-order valence-electron chi connectivity index (χ1n) is 5.17. The van der Waals surface area contributed by atoms with Gasteiger partial charge in [-0.2, -0.15) is 0 Å². The van der Waals surface area contributed by atoms with E-state index in [1.54, 1.807) is 0 Å². The van der Waals surface area contributed by atoms with Gasteiger partial charge in [-0.1, -0.05) is 6.07 Å². The second-order valence-corrected chi connectivity index (χ2v) is 5.43. The number of imidazole rings is 1. The third-order valence-corrected chi connectivity index (χ3v) is 3.75. The molecule has 0 aliphatic rings. The van der Waals surface area contributed by atoms with Gasteiger partial charge in [0.25, 0.3) is 15.7 Å². The number of rotatable bonds is 4. The molecule has 19 heavy (non-hydrogen) atoms. The lowest BCUT2D eigenvalue weighted by Gasteiger charge is -2.06. The number of nitrogens with zero attached hydrogens (tertiary/aromatic N) is 2. The molecule has 0 aliphatic carbocycles. The van der Waals surface area contributed by atoms with E-state index in [0.29, 0.717) is 5.56 Å². The molecule has 0 amide bonds. The van der Waals surface area contributed by atoms with E-state index in [9.17, 15) is 18.5 Å². The molecule has 8 nitrogen and oxygen atoms in total. The van der Waals surface area contributed by atoms with E-state index < -0.39 is 14.9 Å². The fourth-order valence-electron chi connectivity index (χ4n) is 1.46. The monoisotopic (exact) mass is 282 g/mol. The highest BCUT2D eigenvalue weighted by molar-refractivity contribution is 7.92. The van der Waals surface area contributed by atoms with Crippen LogP contribution in [0.25, 0.3) is 0 Å². The number of aryl methyl sites for hydroxylation is 1. The average molecular weight is 282 g/mol. The Hall–Kier alpha value is -2.42. The second kappa shape index (κ2) is 4.69. The van der Waals surface area contributed by atoms with Crippen molar-refractivity contribution in [2.24, 2.45) is 0 Å². The van der Waals surface area contributed by atoms with Crippen molar-refractivity contribution < 1.29 is 13.3 Å². The topological polar surface area (TPSA) is 118 Å². The standard InChI is InChI=1S/C10H10N4O4S/c1-7-2-3-8(6-9(7)14(15)16)19(17,18)13-10-11-4-5-12-10/h2-6H,1H3,(H2,11,12,13). The van der Waals surface area contributed by atoms with Crippen LogP contribution in [0.5, 0.6) is 0 Å². The molecule has 100 valence electrons. The summed E-state index contributed by atoms with van der Waals surface area (Å²) in [5.41, 5.74) is 0.143. The number of aromatic amines is 1. The Labute approximate surface area is 108 Å². The van der Waals surface area contributed by atoms with Crippen molar-refractivity contribution in [1.29, 1.82) is 0 Å². The van der Waals surface area contributed by atoms with Crippen molar-refractivity contribution in [3.63, 3.8) is 0 Å². The van der Waals surface area contributed by atoms with Crippen LogP contribution in [0.2, 0.25) is 0 Å². The molecule has 0 spiro atoms. The van der Waals surface area contributed by atoms with E-state index in [4.69, 9.17) is 0 Å². The number of H-pyrrole nitrogens is 1. The quantitative estimate of drug-likeness (QED) is 0.649. The summed E-state index contributed by atoms with van der Waals surface area (Å²) in [6.07, 6.45) is 2.84. The van der Waals surface area contributed by atoms with Gasteiger partial charge < -0.3 is 4.98 Å². The zero-order chi connectivity index (χ0) is 14.0. The Kier molecular flexibility index (Phi) is 3.21. The molecule has 2 aromatic rings. The molecule has 0 bridgehead atoms. The Morgan fingerprint density at radius 2 is 2.16 bits per heavy atom. The number of nitro groups is 1. The van der Waals surface area contributed by atoms with Crippen LogP contribution in [-0.2, 0) is 10.0 Å². The van der Waals surface area contributed by atoms with E-state index >= 15 is 0 Å². The number of anilines is 1. The highest BCUT2D eigenvalue weighted by Gasteiger charge is 2.20. The first-order chi connectivity index (χ1) is 8.90. The SMILES string of the molecule is Cc1ccc(S(=O)(=O)Nc2ncc[nH]2)cc1[N+](=O)[O-]. The maximum Gasteiger partial charge on any atom is 0.273 e. The highest BCUT2D eigenvalue weighted by atomic mass is 32.2. The maximum absolute atomic E-state index is 12.0. The highest BCUT2D eigenvalue weighted by Crippen LogP contribution is 2.23. The van der Waals surface area contributed by atoms with Crippen LogP contribution in [0, 0.1) is 17.0 Å². The lowest BCUT2D eigenvalue weighted by molar-refractivity contribution is -0.385. The van der Waals surface area contributed by atoms with E-state index in [1.165, 1.54) is 31.5 Å². The molecule has 0 fully saturated rings. The molecule has 9 heteroatoms. The molecular formula is C10H10N4O4S. The predicted octanol–water partition coefficient (Wildman–Crippen LogP) is 1.43. The minimum Gasteiger partial charge on any atom is -0.330 e. The normalized spacial score (nSPS) is 11.2. The average Bonchev–Trinajstić information content (AvgIpc) is 2.80. The van der Waals surface area contributed by atoms with Crippen LogP contribution in [0.4, 0.5) is 11.6 Å². The van der Waals surface area contributed by atoms with Gasteiger partial charge in [-0.15, -0.1) is 0 Å². The summed E-state index contributed by atoms with van der Waals surface area (Å²) in [6, 6.07) is 3.70. The molecule has 0 atom stereocenters. The largest absolute Gasteiger partial charge is 0.330 e. The summed E-state index contributed by atoms with van der Waals surface area (Å²) >= 11 is 0. The van der Waals surface area contributed by atoms with Crippen LogP contribution >= 0.6 is 0 Å². The maximum atomic E-state index is 12.0. The van der Waals surface area contributed by atoms with Crippen molar-refractivity contribution >= 4 is 21.7 Å². The number of nitro benzene ring substituents is 1. The molecule has 0 radical (unpaired) electrons. The Balaban J connectivity index is 2.41. The van der Waals surface area contributed by atoms with Gasteiger partial charge in [-0.25, -0.2) is 18.1 Å². The molecule has 0 unspecified atom stereocenters. The fourth-order valence-corrected chi connectivity index (χ4v) is 2.46. The third kappa shape index (κ3) is 2.71. The summed E-state index contributed by atoms with van der Waals surface area (Å²) in [5, 5.41) is 10.8. The van der Waals surface area contributed by atoms with Crippen molar-refractivity contribution in [3.05, 3.63) is 46.3 Å². The Morgan fingerprint density at radius 3 is 2.74 bits per heavy atom. The molecule has 1 aromatic heterocycles. The van der Waals surface area contributed by atoms with Crippen molar-refractivity contribution in [2.45, 2.75) is 11.8 Å². The van der Waals surface area contributed by atoms with E-state index in [1.807, 2.05) is 0 Å². The molecule has 0 saturated carbocycles. The van der Waals surface area contributed by atoms with Gasteiger partial charge >= 0.3 is 0 Å². The Morgan fingerprint density at radius 1 is 1.42 bits per heavy atom. The van der Waals surface area contributed by atoms with Crippen LogP contribution in [0.1, 0.15) is 5.56 Å². The van der Waals surface area contributed by atoms with Gasteiger partial charge in [0, 0.05) is 24.0 Å².